The Hall–Kier alpha value is -0.730. The quantitative estimate of drug-likeness (QED) is 0.351. The second-order valence-corrected chi connectivity index (χ2v) is 2.00. The zero-order valence-corrected chi connectivity index (χ0v) is 5.62. The van der Waals surface area contributed by atoms with Gasteiger partial charge in [-0.1, -0.05) is 6.07 Å². The number of quaternary nitrogens is 2. The van der Waals surface area contributed by atoms with E-state index in [2.05, 4.69) is 0 Å². The van der Waals surface area contributed by atoms with Crippen LogP contribution in [0.1, 0.15) is 0 Å². The largest absolute Gasteiger partial charge is 0.575 e. The van der Waals surface area contributed by atoms with Crippen LogP contribution in [-0.2, 0) is 0 Å². The van der Waals surface area contributed by atoms with Gasteiger partial charge in [-0.2, -0.15) is 0 Å². The predicted octanol–water partition coefficient (Wildman–Crippen LogP) is -1.76. The minimum atomic E-state index is 0.985. The molecule has 0 atom stereocenters. The Balaban J connectivity index is 2.87. The lowest BCUT2D eigenvalue weighted by atomic mass is 10.2. The maximum absolute atomic E-state index is 5.29. The molecule has 4 heteroatoms. The second kappa shape index (κ2) is 3.44. The van der Waals surface area contributed by atoms with E-state index in [4.69, 9.17) is 16.0 Å². The van der Waals surface area contributed by atoms with Crippen LogP contribution in [0, 0.1) is 0 Å². The Bertz CT molecular complexity index is 195. The normalized spacial score (nSPS) is 9.80. The first-order chi connectivity index (χ1) is 4.86. The van der Waals surface area contributed by atoms with Crippen molar-refractivity contribution in [2.45, 2.75) is 0 Å². The summed E-state index contributed by atoms with van der Waals surface area (Å²) in [6, 6.07) is 7.68. The predicted molar refractivity (Wildman–Crippen MR) is 41.1 cm³/mol. The number of hydrogen-bond donors (Lipinski definition) is 2. The Kier molecular flexibility index (Phi) is 2.54. The Morgan fingerprint density at radius 2 is 1.50 bits per heavy atom. The summed E-state index contributed by atoms with van der Waals surface area (Å²) in [6.07, 6.45) is 0. The van der Waals surface area contributed by atoms with Crippen LogP contribution in [0.4, 0.5) is 11.4 Å². The van der Waals surface area contributed by atoms with Gasteiger partial charge in [-0.15, -0.1) is 0 Å². The third kappa shape index (κ3) is 1.62. The minimum absolute atomic E-state index is 0.985. The summed E-state index contributed by atoms with van der Waals surface area (Å²) in [6.45, 7) is 0. The summed E-state index contributed by atoms with van der Waals surface area (Å²) >= 11 is 0. The van der Waals surface area contributed by atoms with Gasteiger partial charge in [0.05, 0.1) is 17.4 Å². The maximum atomic E-state index is 5.29. The van der Waals surface area contributed by atoms with Crippen LogP contribution in [0.5, 0.6) is 0 Å². The minimum Gasteiger partial charge on any atom is -0.575 e. The highest BCUT2D eigenvalue weighted by molar-refractivity contribution is 5.96. The lowest BCUT2D eigenvalue weighted by Gasteiger charge is -2.07. The molecular weight excluding hydrogens is 122 g/mol. The molecule has 1 rings (SSSR count). The third-order valence-electron chi connectivity index (χ3n) is 1.30. The average molecular weight is 130 g/mol. The molecule has 6 radical (unpaired) electrons. The van der Waals surface area contributed by atoms with E-state index in [9.17, 15) is 0 Å². The van der Waals surface area contributed by atoms with Crippen molar-refractivity contribution in [1.29, 1.82) is 0 Å². The molecule has 0 aliphatic carbocycles. The van der Waals surface area contributed by atoms with Crippen molar-refractivity contribution in [3.05, 3.63) is 24.3 Å². The molecule has 0 aliphatic rings. The van der Waals surface area contributed by atoms with E-state index in [-0.39, 0.29) is 0 Å². The fraction of sp³-hybridized carbons (Fsp3) is 0. The Labute approximate surface area is 62.9 Å². The summed E-state index contributed by atoms with van der Waals surface area (Å²) in [5.74, 6) is 0. The number of benzene rings is 1. The molecule has 10 heavy (non-hydrogen) atoms. The molecule has 48 valence electrons. The molecule has 0 amide bonds. The highest BCUT2D eigenvalue weighted by Crippen LogP contribution is 2.03. The molecule has 0 saturated heterocycles. The van der Waals surface area contributed by atoms with Gasteiger partial charge in [-0.3, -0.25) is 0 Å². The average Bonchev–Trinajstić information content (AvgIpc) is 2.05. The van der Waals surface area contributed by atoms with Crippen molar-refractivity contribution >= 4 is 27.3 Å². The standard InChI is InChI=1S/C6H8B2N2/c7-9-5-2-1-3-6(4-5)10-8/h1-4H,9-10H2. The van der Waals surface area contributed by atoms with E-state index in [1.165, 1.54) is 0 Å². The highest BCUT2D eigenvalue weighted by atomic mass is 14.8. The third-order valence-corrected chi connectivity index (χ3v) is 1.30. The van der Waals surface area contributed by atoms with Crippen LogP contribution >= 0.6 is 0 Å². The van der Waals surface area contributed by atoms with Gasteiger partial charge in [0.15, 0.2) is 0 Å². The van der Waals surface area contributed by atoms with E-state index < -0.39 is 0 Å². The lowest BCUT2D eigenvalue weighted by molar-refractivity contribution is -0.416. The van der Waals surface area contributed by atoms with Crippen molar-refractivity contribution in [3.8, 4) is 0 Å². The van der Waals surface area contributed by atoms with Gasteiger partial charge in [0.2, 0.25) is 0 Å². The van der Waals surface area contributed by atoms with Crippen LogP contribution in [0.25, 0.3) is 0 Å². The first kappa shape index (κ1) is 7.38. The Morgan fingerprint density at radius 1 is 1.00 bits per heavy atom. The monoisotopic (exact) mass is 130 g/mol. The zero-order chi connectivity index (χ0) is 7.40. The van der Waals surface area contributed by atoms with Crippen LogP contribution in [0.15, 0.2) is 24.3 Å². The molecule has 4 N–H and O–H groups in total. The number of rotatable bonds is 2. The summed E-state index contributed by atoms with van der Waals surface area (Å²) < 4.78 is 0. The van der Waals surface area contributed by atoms with Crippen LogP contribution < -0.4 is 10.5 Å². The molecule has 0 aromatic heterocycles. The molecule has 0 bridgehead atoms. The smallest absolute Gasteiger partial charge is 0.0845 e. The van der Waals surface area contributed by atoms with E-state index in [1.54, 1.807) is 10.5 Å². The van der Waals surface area contributed by atoms with Crippen molar-refractivity contribution in [2.24, 2.45) is 0 Å². The van der Waals surface area contributed by atoms with Gasteiger partial charge < -0.3 is 10.5 Å². The van der Waals surface area contributed by atoms with E-state index in [0.717, 1.165) is 11.4 Å². The van der Waals surface area contributed by atoms with Gasteiger partial charge in [0.1, 0.15) is 0 Å². The molecule has 1 aromatic carbocycles. The van der Waals surface area contributed by atoms with Gasteiger partial charge in [-0.25, -0.2) is 16.0 Å². The van der Waals surface area contributed by atoms with Gasteiger partial charge in [0, 0.05) is 0 Å². The van der Waals surface area contributed by atoms with Gasteiger partial charge in [-0.05, 0) is 12.1 Å². The topological polar surface area (TPSA) is 33.2 Å². The molecule has 0 unspecified atom stereocenters. The first-order valence-corrected chi connectivity index (χ1v) is 3.07. The molecule has 0 spiro atoms. The molecule has 0 heterocycles. The van der Waals surface area contributed by atoms with Crippen molar-refractivity contribution in [3.63, 3.8) is 0 Å². The van der Waals surface area contributed by atoms with Gasteiger partial charge >= 0.3 is 0 Å². The summed E-state index contributed by atoms with van der Waals surface area (Å²) in [4.78, 5) is 0. The zero-order valence-electron chi connectivity index (χ0n) is 5.62. The van der Waals surface area contributed by atoms with Crippen LogP contribution in [0.3, 0.4) is 0 Å². The summed E-state index contributed by atoms with van der Waals surface area (Å²) in [7, 11) is 10.6. The molecule has 0 aliphatic heterocycles. The molecule has 0 saturated carbocycles. The second-order valence-electron chi connectivity index (χ2n) is 2.00. The van der Waals surface area contributed by atoms with Gasteiger partial charge in [0.25, 0.3) is 0 Å². The fourth-order valence-electron chi connectivity index (χ4n) is 0.766. The molecule has 0 fully saturated rings. The number of nitrogens with two attached hydrogens (primary N) is 2. The number of hydrogen-bond acceptors (Lipinski definition) is 0. The molecule has 2 nitrogen and oxygen atoms in total. The van der Waals surface area contributed by atoms with E-state index >= 15 is 0 Å². The van der Waals surface area contributed by atoms with E-state index in [1.807, 2.05) is 24.3 Å². The Morgan fingerprint density at radius 3 is 1.90 bits per heavy atom. The maximum Gasteiger partial charge on any atom is 0.0845 e. The van der Waals surface area contributed by atoms with Crippen molar-refractivity contribution in [1.82, 2.24) is 0 Å². The highest BCUT2D eigenvalue weighted by Gasteiger charge is 1.88. The van der Waals surface area contributed by atoms with Crippen LogP contribution in [-0.4, -0.2) is 16.0 Å². The summed E-state index contributed by atoms with van der Waals surface area (Å²) in [5.41, 5.74) is 1.97. The first-order valence-electron chi connectivity index (χ1n) is 3.07. The van der Waals surface area contributed by atoms with Crippen molar-refractivity contribution < 1.29 is 10.5 Å². The summed E-state index contributed by atoms with van der Waals surface area (Å²) in [5, 5.41) is 3.10. The molecule has 1 aromatic rings. The molecular formula is C6H8B2N2. The lowest BCUT2D eigenvalue weighted by Crippen LogP contribution is -2.77. The van der Waals surface area contributed by atoms with Crippen molar-refractivity contribution in [2.75, 3.05) is 0 Å². The van der Waals surface area contributed by atoms with Crippen LogP contribution in [0.2, 0.25) is 0 Å². The fourth-order valence-corrected chi connectivity index (χ4v) is 0.766. The van der Waals surface area contributed by atoms with E-state index in [0.29, 0.717) is 0 Å². The SMILES string of the molecule is [B-][NH2+]c1cccc([NH2+][B-])c1.